The molecular formula is C11H12FN3O. The summed E-state index contributed by atoms with van der Waals surface area (Å²) in [5.41, 5.74) is 5.40. The summed E-state index contributed by atoms with van der Waals surface area (Å²) in [6, 6.07) is 6.04. The summed E-state index contributed by atoms with van der Waals surface area (Å²) >= 11 is 0. The fourth-order valence-corrected chi connectivity index (χ4v) is 1.20. The van der Waals surface area contributed by atoms with Crippen LogP contribution in [0.3, 0.4) is 0 Å². The third kappa shape index (κ3) is 2.95. The smallest absolute Gasteiger partial charge is 0.253 e. The molecule has 0 radical (unpaired) electrons. The highest BCUT2D eigenvalue weighted by Crippen LogP contribution is 2.15. The predicted octanol–water partition coefficient (Wildman–Crippen LogP) is 1.44. The summed E-state index contributed by atoms with van der Waals surface area (Å²) in [6.45, 7) is 0.377. The van der Waals surface area contributed by atoms with Crippen molar-refractivity contribution in [3.63, 3.8) is 0 Å². The molecule has 5 heteroatoms. The molecule has 16 heavy (non-hydrogen) atoms. The summed E-state index contributed by atoms with van der Waals surface area (Å²) in [7, 11) is 0. The van der Waals surface area contributed by atoms with E-state index in [1.807, 2.05) is 6.07 Å². The quantitative estimate of drug-likeness (QED) is 0.596. The van der Waals surface area contributed by atoms with Crippen LogP contribution in [-0.4, -0.2) is 12.5 Å². The fraction of sp³-hybridized carbons (Fsp3) is 0.273. The van der Waals surface area contributed by atoms with E-state index in [9.17, 15) is 9.18 Å². The second-order valence-corrected chi connectivity index (χ2v) is 3.22. The molecule has 1 rings (SSSR count). The topological polar surface area (TPSA) is 78.9 Å². The number of nitrogens with one attached hydrogen (secondary N) is 1. The van der Waals surface area contributed by atoms with Gasteiger partial charge in [0.2, 0.25) is 0 Å². The molecule has 0 atom stereocenters. The van der Waals surface area contributed by atoms with Gasteiger partial charge in [-0.1, -0.05) is 6.07 Å². The van der Waals surface area contributed by atoms with E-state index in [0.717, 1.165) is 0 Å². The lowest BCUT2D eigenvalue weighted by Crippen LogP contribution is -2.25. The van der Waals surface area contributed by atoms with Gasteiger partial charge in [-0.15, -0.1) is 0 Å². The highest BCUT2D eigenvalue weighted by Gasteiger charge is 2.11. The maximum absolute atomic E-state index is 13.0. The summed E-state index contributed by atoms with van der Waals surface area (Å²) < 4.78 is 13.0. The van der Waals surface area contributed by atoms with Crippen molar-refractivity contribution in [2.75, 3.05) is 12.3 Å². The standard InChI is InChI=1S/C11H12FN3O/c12-9-5-3-4-8(10(9)14)11(16)15-7-2-1-6-13/h3-5H,1-2,7,14H2,(H,15,16). The van der Waals surface area contributed by atoms with Crippen molar-refractivity contribution >= 4 is 11.6 Å². The average molecular weight is 221 g/mol. The van der Waals surface area contributed by atoms with E-state index in [1.165, 1.54) is 18.2 Å². The minimum Gasteiger partial charge on any atom is -0.396 e. The molecule has 0 heterocycles. The lowest BCUT2D eigenvalue weighted by Gasteiger charge is -2.06. The number of para-hydroxylation sites is 1. The zero-order valence-corrected chi connectivity index (χ0v) is 8.66. The van der Waals surface area contributed by atoms with Crippen molar-refractivity contribution in [2.45, 2.75) is 12.8 Å². The number of nitrogens with two attached hydrogens (primary N) is 1. The van der Waals surface area contributed by atoms with Gasteiger partial charge >= 0.3 is 0 Å². The first kappa shape index (κ1) is 12.0. The number of benzene rings is 1. The van der Waals surface area contributed by atoms with Gasteiger partial charge in [0.15, 0.2) is 0 Å². The van der Waals surface area contributed by atoms with Gasteiger partial charge in [0.05, 0.1) is 17.3 Å². The Hall–Kier alpha value is -2.09. The number of halogens is 1. The second-order valence-electron chi connectivity index (χ2n) is 3.22. The molecule has 0 aliphatic carbocycles. The number of anilines is 1. The number of hydrogen-bond donors (Lipinski definition) is 2. The van der Waals surface area contributed by atoms with Gasteiger partial charge in [-0.3, -0.25) is 4.79 Å². The summed E-state index contributed by atoms with van der Waals surface area (Å²) in [4.78, 5) is 11.5. The molecule has 0 spiro atoms. The van der Waals surface area contributed by atoms with E-state index < -0.39 is 11.7 Å². The van der Waals surface area contributed by atoms with Crippen molar-refractivity contribution < 1.29 is 9.18 Å². The van der Waals surface area contributed by atoms with Crippen LogP contribution in [0.25, 0.3) is 0 Å². The van der Waals surface area contributed by atoms with Gasteiger partial charge in [0.1, 0.15) is 5.82 Å². The minimum atomic E-state index is -0.607. The van der Waals surface area contributed by atoms with Gasteiger partial charge in [-0.05, 0) is 18.6 Å². The number of amides is 1. The molecule has 0 aliphatic rings. The fourth-order valence-electron chi connectivity index (χ4n) is 1.20. The number of carbonyl (C=O) groups is 1. The van der Waals surface area contributed by atoms with Crippen molar-refractivity contribution in [1.29, 1.82) is 5.26 Å². The van der Waals surface area contributed by atoms with Gasteiger partial charge in [-0.2, -0.15) is 5.26 Å². The van der Waals surface area contributed by atoms with E-state index >= 15 is 0 Å². The number of hydrogen-bond acceptors (Lipinski definition) is 3. The number of carbonyl (C=O) groups excluding carboxylic acids is 1. The first-order chi connectivity index (χ1) is 7.66. The Kier molecular flexibility index (Phi) is 4.28. The minimum absolute atomic E-state index is 0.122. The monoisotopic (exact) mass is 221 g/mol. The Morgan fingerprint density at radius 2 is 2.31 bits per heavy atom. The van der Waals surface area contributed by atoms with Crippen LogP contribution in [0.4, 0.5) is 10.1 Å². The van der Waals surface area contributed by atoms with E-state index in [0.29, 0.717) is 19.4 Å². The normalized spacial score (nSPS) is 9.50. The van der Waals surface area contributed by atoms with Gasteiger partial charge in [0.25, 0.3) is 5.91 Å². The Morgan fingerprint density at radius 1 is 1.56 bits per heavy atom. The third-order valence-corrected chi connectivity index (χ3v) is 2.05. The molecular weight excluding hydrogens is 209 g/mol. The Morgan fingerprint density at radius 3 is 3.00 bits per heavy atom. The summed E-state index contributed by atoms with van der Waals surface area (Å²) in [5.74, 6) is -1.03. The van der Waals surface area contributed by atoms with Crippen molar-refractivity contribution in [2.24, 2.45) is 0 Å². The summed E-state index contributed by atoms with van der Waals surface area (Å²) in [6.07, 6.45) is 0.941. The van der Waals surface area contributed by atoms with Crippen LogP contribution in [-0.2, 0) is 0 Å². The predicted molar refractivity (Wildman–Crippen MR) is 58.0 cm³/mol. The zero-order chi connectivity index (χ0) is 12.0. The number of nitrogen functional groups attached to an aromatic ring is 1. The molecule has 1 aromatic rings. The number of nitriles is 1. The average Bonchev–Trinajstić information content (AvgIpc) is 2.28. The van der Waals surface area contributed by atoms with E-state index in [-0.39, 0.29) is 11.3 Å². The first-order valence-corrected chi connectivity index (χ1v) is 4.86. The molecule has 3 N–H and O–H groups in total. The van der Waals surface area contributed by atoms with Gasteiger partial charge in [-0.25, -0.2) is 4.39 Å². The highest BCUT2D eigenvalue weighted by molar-refractivity contribution is 5.99. The van der Waals surface area contributed by atoms with Crippen LogP contribution in [0.2, 0.25) is 0 Å². The number of nitrogens with zero attached hydrogens (tertiary/aromatic N) is 1. The van der Waals surface area contributed by atoms with Crippen LogP contribution < -0.4 is 11.1 Å². The van der Waals surface area contributed by atoms with E-state index in [2.05, 4.69) is 5.32 Å². The van der Waals surface area contributed by atoms with Crippen molar-refractivity contribution in [3.8, 4) is 6.07 Å². The SMILES string of the molecule is N#CCCCNC(=O)c1cccc(F)c1N. The molecule has 0 aliphatic heterocycles. The Bertz CT molecular complexity index is 426. The molecule has 84 valence electrons. The second kappa shape index (κ2) is 5.71. The van der Waals surface area contributed by atoms with Crippen molar-refractivity contribution in [1.82, 2.24) is 5.32 Å². The van der Waals surface area contributed by atoms with Crippen LogP contribution in [0.1, 0.15) is 23.2 Å². The Labute approximate surface area is 92.9 Å². The van der Waals surface area contributed by atoms with Crippen molar-refractivity contribution in [3.05, 3.63) is 29.6 Å². The molecule has 0 saturated heterocycles. The molecule has 0 fully saturated rings. The molecule has 0 unspecified atom stereocenters. The highest BCUT2D eigenvalue weighted by atomic mass is 19.1. The first-order valence-electron chi connectivity index (χ1n) is 4.86. The third-order valence-electron chi connectivity index (χ3n) is 2.05. The maximum atomic E-state index is 13.0. The number of rotatable bonds is 4. The number of unbranched alkanes of at least 4 members (excludes halogenated alkanes) is 1. The lowest BCUT2D eigenvalue weighted by atomic mass is 10.1. The summed E-state index contributed by atoms with van der Waals surface area (Å²) in [5, 5.41) is 10.9. The molecule has 0 bridgehead atoms. The van der Waals surface area contributed by atoms with Crippen LogP contribution in [0, 0.1) is 17.1 Å². The largest absolute Gasteiger partial charge is 0.396 e. The van der Waals surface area contributed by atoms with E-state index in [1.54, 1.807) is 0 Å². The van der Waals surface area contributed by atoms with Crippen LogP contribution in [0.15, 0.2) is 18.2 Å². The van der Waals surface area contributed by atoms with E-state index in [4.69, 9.17) is 11.0 Å². The zero-order valence-electron chi connectivity index (χ0n) is 8.66. The Balaban J connectivity index is 2.60. The van der Waals surface area contributed by atoms with Crippen LogP contribution in [0.5, 0.6) is 0 Å². The van der Waals surface area contributed by atoms with Gasteiger partial charge in [0, 0.05) is 13.0 Å². The molecule has 1 aromatic carbocycles. The molecule has 1 amide bonds. The molecule has 0 saturated carbocycles. The lowest BCUT2D eigenvalue weighted by molar-refractivity contribution is 0.0954. The van der Waals surface area contributed by atoms with Crippen LogP contribution >= 0.6 is 0 Å². The van der Waals surface area contributed by atoms with Gasteiger partial charge < -0.3 is 11.1 Å². The maximum Gasteiger partial charge on any atom is 0.253 e. The molecule has 0 aromatic heterocycles. The molecule has 4 nitrogen and oxygen atoms in total.